The van der Waals surface area contributed by atoms with Crippen molar-refractivity contribution >= 4 is 15.7 Å². The Morgan fingerprint density at radius 2 is 1.91 bits per heavy atom. The summed E-state index contributed by atoms with van der Waals surface area (Å²) in [6, 6.07) is 10.6. The van der Waals surface area contributed by atoms with Crippen molar-refractivity contribution in [1.82, 2.24) is 4.90 Å². The summed E-state index contributed by atoms with van der Waals surface area (Å²) in [4.78, 5) is 14.7. The number of sulfone groups is 1. The third-order valence-corrected chi connectivity index (χ3v) is 6.89. The average Bonchev–Trinajstić information content (AvgIpc) is 2.87. The van der Waals surface area contributed by atoms with Crippen LogP contribution in [-0.2, 0) is 21.1 Å². The molecule has 2 aliphatic rings. The summed E-state index contributed by atoms with van der Waals surface area (Å²) in [7, 11) is -2.90. The molecule has 0 unspecified atom stereocenters. The molecule has 0 radical (unpaired) electrons. The molecule has 0 spiro atoms. The second-order valence-corrected chi connectivity index (χ2v) is 9.13. The molecule has 1 aromatic rings. The summed E-state index contributed by atoms with van der Waals surface area (Å²) in [5.41, 5.74) is 1.26. The van der Waals surface area contributed by atoms with Crippen molar-refractivity contribution in [3.8, 4) is 0 Å². The summed E-state index contributed by atoms with van der Waals surface area (Å²) in [5.74, 6) is 0.605. The zero-order valence-corrected chi connectivity index (χ0v) is 14.3. The van der Waals surface area contributed by atoms with E-state index in [4.69, 9.17) is 0 Å². The number of piperidine rings is 1. The Labute approximate surface area is 138 Å². The van der Waals surface area contributed by atoms with Crippen LogP contribution in [0.1, 0.15) is 37.7 Å². The first-order valence-electron chi connectivity index (χ1n) is 8.57. The smallest absolute Gasteiger partial charge is 0.223 e. The molecule has 126 valence electrons. The van der Waals surface area contributed by atoms with Crippen LogP contribution in [-0.4, -0.2) is 43.3 Å². The average molecular weight is 335 g/mol. The van der Waals surface area contributed by atoms with Crippen molar-refractivity contribution in [2.24, 2.45) is 5.92 Å². The Bertz CT molecular complexity index is 641. The van der Waals surface area contributed by atoms with Crippen LogP contribution in [0.3, 0.4) is 0 Å². The number of nitrogens with zero attached hydrogens (tertiary/aromatic N) is 1. The van der Waals surface area contributed by atoms with Gasteiger partial charge in [0, 0.05) is 19.0 Å². The molecule has 4 nitrogen and oxygen atoms in total. The molecule has 5 heteroatoms. The number of hydrogen-bond donors (Lipinski definition) is 0. The quantitative estimate of drug-likeness (QED) is 0.849. The number of carbonyl (C=O) groups excluding carboxylic acids is 1. The van der Waals surface area contributed by atoms with Crippen LogP contribution in [0.2, 0.25) is 0 Å². The third-order valence-electron chi connectivity index (χ3n) is 5.05. The maximum Gasteiger partial charge on any atom is 0.223 e. The molecule has 23 heavy (non-hydrogen) atoms. The molecule has 2 heterocycles. The molecule has 1 aromatic carbocycles. The molecule has 2 aliphatic heterocycles. The van der Waals surface area contributed by atoms with Gasteiger partial charge in [-0.25, -0.2) is 8.42 Å². The number of hydrogen-bond acceptors (Lipinski definition) is 3. The van der Waals surface area contributed by atoms with Crippen molar-refractivity contribution in [1.29, 1.82) is 0 Å². The lowest BCUT2D eigenvalue weighted by Crippen LogP contribution is -2.45. The number of amides is 1. The van der Waals surface area contributed by atoms with Gasteiger partial charge in [0.05, 0.1) is 11.5 Å². The monoisotopic (exact) mass is 335 g/mol. The van der Waals surface area contributed by atoms with Gasteiger partial charge in [-0.15, -0.1) is 0 Å². The van der Waals surface area contributed by atoms with E-state index in [-0.39, 0.29) is 29.4 Å². The number of rotatable bonds is 4. The predicted molar refractivity (Wildman–Crippen MR) is 90.9 cm³/mol. The van der Waals surface area contributed by atoms with E-state index >= 15 is 0 Å². The Morgan fingerprint density at radius 1 is 1.13 bits per heavy atom. The van der Waals surface area contributed by atoms with Crippen LogP contribution in [0.4, 0.5) is 0 Å². The maximum absolute atomic E-state index is 12.7. The Kier molecular flexibility index (Phi) is 5.05. The summed E-state index contributed by atoms with van der Waals surface area (Å²) in [6.07, 6.45) is 5.20. The minimum atomic E-state index is -2.90. The lowest BCUT2D eigenvalue weighted by atomic mass is 9.94. The molecular weight excluding hydrogens is 310 g/mol. The van der Waals surface area contributed by atoms with Gasteiger partial charge in [-0.3, -0.25) is 4.79 Å². The summed E-state index contributed by atoms with van der Waals surface area (Å²) >= 11 is 0. The van der Waals surface area contributed by atoms with Crippen molar-refractivity contribution in [3.05, 3.63) is 35.9 Å². The van der Waals surface area contributed by atoms with E-state index in [1.54, 1.807) is 0 Å². The molecule has 0 aromatic heterocycles. The normalized spacial score (nSPS) is 27.0. The fourth-order valence-electron chi connectivity index (χ4n) is 3.82. The first kappa shape index (κ1) is 16.5. The Morgan fingerprint density at radius 3 is 2.61 bits per heavy atom. The van der Waals surface area contributed by atoms with Crippen LogP contribution in [0.15, 0.2) is 30.3 Å². The molecule has 3 rings (SSSR count). The van der Waals surface area contributed by atoms with Crippen molar-refractivity contribution in [2.45, 2.75) is 44.6 Å². The van der Waals surface area contributed by atoms with E-state index < -0.39 is 9.84 Å². The maximum atomic E-state index is 12.7. The van der Waals surface area contributed by atoms with Gasteiger partial charge in [0.1, 0.15) is 0 Å². The highest BCUT2D eigenvalue weighted by atomic mass is 32.2. The number of likely N-dealkylation sites (tertiary alicyclic amines) is 1. The highest BCUT2D eigenvalue weighted by molar-refractivity contribution is 7.91. The fourth-order valence-corrected chi connectivity index (χ4v) is 5.69. The highest BCUT2D eigenvalue weighted by Gasteiger charge is 2.33. The molecule has 2 fully saturated rings. The fraction of sp³-hybridized carbons (Fsp3) is 0.611. The molecule has 0 aliphatic carbocycles. The molecule has 2 saturated heterocycles. The van der Waals surface area contributed by atoms with Gasteiger partial charge in [0.25, 0.3) is 0 Å². The van der Waals surface area contributed by atoms with Crippen molar-refractivity contribution < 1.29 is 13.2 Å². The second-order valence-electron chi connectivity index (χ2n) is 6.90. The van der Waals surface area contributed by atoms with Crippen molar-refractivity contribution in [2.75, 3.05) is 18.1 Å². The Hall–Kier alpha value is -1.36. The van der Waals surface area contributed by atoms with Gasteiger partial charge in [0.15, 0.2) is 9.84 Å². The third kappa shape index (κ3) is 4.34. The summed E-state index contributed by atoms with van der Waals surface area (Å²) < 4.78 is 23.2. The van der Waals surface area contributed by atoms with Gasteiger partial charge in [0.2, 0.25) is 5.91 Å². The minimum Gasteiger partial charge on any atom is -0.339 e. The predicted octanol–water partition coefficient (Wildman–Crippen LogP) is 2.43. The topological polar surface area (TPSA) is 54.5 Å². The van der Waals surface area contributed by atoms with Crippen LogP contribution in [0.5, 0.6) is 0 Å². The largest absolute Gasteiger partial charge is 0.339 e. The van der Waals surface area contributed by atoms with E-state index in [0.29, 0.717) is 12.8 Å². The van der Waals surface area contributed by atoms with E-state index in [1.165, 1.54) is 12.0 Å². The number of benzene rings is 1. The standard InChI is InChI=1S/C18H25NO3S/c20-18(13-16-9-11-23(21,22)14-16)19-10-5-4-8-17(19)12-15-6-2-1-3-7-15/h1-3,6-7,16-17H,4-5,8-14H2/t16-,17+/m0/s1. The van der Waals surface area contributed by atoms with Gasteiger partial charge in [-0.1, -0.05) is 30.3 Å². The Balaban J connectivity index is 1.62. The zero-order valence-electron chi connectivity index (χ0n) is 13.5. The molecule has 2 atom stereocenters. The van der Waals surface area contributed by atoms with E-state index in [0.717, 1.165) is 25.8 Å². The zero-order chi connectivity index (χ0) is 16.3. The van der Waals surface area contributed by atoms with Gasteiger partial charge in [-0.2, -0.15) is 0 Å². The second kappa shape index (κ2) is 7.04. The van der Waals surface area contributed by atoms with Gasteiger partial charge >= 0.3 is 0 Å². The molecule has 0 bridgehead atoms. The van der Waals surface area contributed by atoms with Crippen molar-refractivity contribution in [3.63, 3.8) is 0 Å². The molecule has 0 saturated carbocycles. The SMILES string of the molecule is O=C(C[C@@H]1CCS(=O)(=O)C1)N1CCCC[C@@H]1Cc1ccccc1. The van der Waals surface area contributed by atoms with Crippen LogP contribution in [0.25, 0.3) is 0 Å². The lowest BCUT2D eigenvalue weighted by molar-refractivity contribution is -0.135. The van der Waals surface area contributed by atoms with Gasteiger partial charge in [-0.05, 0) is 43.6 Å². The van der Waals surface area contributed by atoms with Crippen LogP contribution in [0, 0.1) is 5.92 Å². The molecular formula is C18H25NO3S. The lowest BCUT2D eigenvalue weighted by Gasteiger charge is -2.36. The van der Waals surface area contributed by atoms with Gasteiger partial charge < -0.3 is 4.90 Å². The highest BCUT2D eigenvalue weighted by Crippen LogP contribution is 2.26. The first-order chi connectivity index (χ1) is 11.0. The minimum absolute atomic E-state index is 0.0202. The van der Waals surface area contributed by atoms with E-state index in [1.807, 2.05) is 23.1 Å². The molecule has 0 N–H and O–H groups in total. The summed E-state index contributed by atoms with van der Waals surface area (Å²) in [5, 5.41) is 0. The van der Waals surface area contributed by atoms with E-state index in [2.05, 4.69) is 12.1 Å². The first-order valence-corrected chi connectivity index (χ1v) is 10.4. The van der Waals surface area contributed by atoms with Crippen LogP contribution < -0.4 is 0 Å². The van der Waals surface area contributed by atoms with E-state index in [9.17, 15) is 13.2 Å². The molecule has 1 amide bonds. The number of carbonyl (C=O) groups is 1. The van der Waals surface area contributed by atoms with Crippen LogP contribution >= 0.6 is 0 Å². The summed E-state index contributed by atoms with van der Waals surface area (Å²) in [6.45, 7) is 0.815.